The van der Waals surface area contributed by atoms with E-state index in [0.717, 1.165) is 18.4 Å². The van der Waals surface area contributed by atoms with Gasteiger partial charge in [0.05, 0.1) is 14.2 Å². The van der Waals surface area contributed by atoms with Gasteiger partial charge in [-0.3, -0.25) is 4.79 Å². The monoisotopic (exact) mass is 279 g/mol. The number of ether oxygens (including phenoxy) is 2. The van der Waals surface area contributed by atoms with E-state index in [1.54, 1.807) is 0 Å². The molecule has 1 heterocycles. The molecule has 0 spiro atoms. The molecule has 0 aliphatic carbocycles. The van der Waals surface area contributed by atoms with E-state index in [1.165, 1.54) is 20.3 Å². The SMILES string of the molecule is C=C(CC)CC(C)c1cc(=O)c(OC)c(C(=O)OC)[nH]1. The molecule has 0 radical (unpaired) electrons. The fourth-order valence-electron chi connectivity index (χ4n) is 1.97. The highest BCUT2D eigenvalue weighted by Crippen LogP contribution is 2.23. The number of nitrogens with one attached hydrogen (secondary N) is 1. The summed E-state index contributed by atoms with van der Waals surface area (Å²) in [5.74, 6) is -0.589. The van der Waals surface area contributed by atoms with Crippen LogP contribution in [0, 0.1) is 0 Å². The molecule has 1 N–H and O–H groups in total. The summed E-state index contributed by atoms with van der Waals surface area (Å²) in [7, 11) is 2.61. The van der Waals surface area contributed by atoms with Crippen molar-refractivity contribution in [2.75, 3.05) is 14.2 Å². The summed E-state index contributed by atoms with van der Waals surface area (Å²) < 4.78 is 9.64. The number of aromatic nitrogens is 1. The first-order valence-corrected chi connectivity index (χ1v) is 6.50. The molecule has 0 bridgehead atoms. The Balaban J connectivity index is 3.23. The molecule has 1 unspecified atom stereocenters. The third-order valence-electron chi connectivity index (χ3n) is 3.23. The quantitative estimate of drug-likeness (QED) is 0.642. The number of allylic oxidation sites excluding steroid dienone is 1. The van der Waals surface area contributed by atoms with Gasteiger partial charge in [-0.15, -0.1) is 0 Å². The maximum absolute atomic E-state index is 12.0. The van der Waals surface area contributed by atoms with Gasteiger partial charge in [-0.05, 0) is 12.8 Å². The predicted molar refractivity (Wildman–Crippen MR) is 77.4 cm³/mol. The van der Waals surface area contributed by atoms with Crippen LogP contribution in [0.3, 0.4) is 0 Å². The minimum Gasteiger partial charge on any atom is -0.491 e. The number of pyridine rings is 1. The van der Waals surface area contributed by atoms with Gasteiger partial charge in [-0.2, -0.15) is 0 Å². The molecule has 0 amide bonds. The average Bonchev–Trinajstić information content (AvgIpc) is 2.45. The summed E-state index contributed by atoms with van der Waals surface area (Å²) >= 11 is 0. The average molecular weight is 279 g/mol. The first kappa shape index (κ1) is 16.0. The predicted octanol–water partition coefficient (Wildman–Crippen LogP) is 2.63. The molecule has 0 fully saturated rings. The van der Waals surface area contributed by atoms with Gasteiger partial charge in [0.1, 0.15) is 0 Å². The Labute approximate surface area is 118 Å². The van der Waals surface area contributed by atoms with Gasteiger partial charge >= 0.3 is 5.97 Å². The second kappa shape index (κ2) is 6.93. The maximum atomic E-state index is 12.0. The first-order chi connectivity index (χ1) is 9.44. The Morgan fingerprint density at radius 3 is 2.60 bits per heavy atom. The highest BCUT2D eigenvalue weighted by Gasteiger charge is 2.20. The van der Waals surface area contributed by atoms with Crippen LogP contribution in [-0.2, 0) is 4.74 Å². The molecule has 20 heavy (non-hydrogen) atoms. The van der Waals surface area contributed by atoms with Crippen LogP contribution >= 0.6 is 0 Å². The minimum absolute atomic E-state index is 0.0258. The normalized spacial score (nSPS) is 11.8. The molecule has 110 valence electrons. The van der Waals surface area contributed by atoms with Crippen molar-refractivity contribution >= 4 is 5.97 Å². The van der Waals surface area contributed by atoms with E-state index in [1.807, 2.05) is 13.8 Å². The van der Waals surface area contributed by atoms with Crippen LogP contribution < -0.4 is 10.2 Å². The minimum atomic E-state index is -0.623. The summed E-state index contributed by atoms with van der Waals surface area (Å²) in [5, 5.41) is 0. The maximum Gasteiger partial charge on any atom is 0.358 e. The Morgan fingerprint density at radius 1 is 1.45 bits per heavy atom. The van der Waals surface area contributed by atoms with Crippen molar-refractivity contribution in [3.05, 3.63) is 39.8 Å². The number of methoxy groups -OCH3 is 2. The van der Waals surface area contributed by atoms with Crippen LogP contribution in [0.15, 0.2) is 23.0 Å². The molecule has 0 aromatic carbocycles. The van der Waals surface area contributed by atoms with Crippen molar-refractivity contribution in [3.8, 4) is 5.75 Å². The molecule has 1 aromatic heterocycles. The number of H-pyrrole nitrogens is 1. The largest absolute Gasteiger partial charge is 0.491 e. The Morgan fingerprint density at radius 2 is 2.10 bits per heavy atom. The van der Waals surface area contributed by atoms with E-state index in [9.17, 15) is 9.59 Å². The Kier molecular flexibility index (Phi) is 5.55. The first-order valence-electron chi connectivity index (χ1n) is 6.50. The number of carbonyl (C=O) groups excluding carboxylic acids is 1. The lowest BCUT2D eigenvalue weighted by Gasteiger charge is -2.15. The smallest absolute Gasteiger partial charge is 0.358 e. The molecule has 0 saturated heterocycles. The second-order valence-electron chi connectivity index (χ2n) is 4.70. The van der Waals surface area contributed by atoms with Crippen LogP contribution in [0.5, 0.6) is 5.75 Å². The van der Waals surface area contributed by atoms with Gasteiger partial charge in [-0.1, -0.05) is 26.0 Å². The van der Waals surface area contributed by atoms with E-state index >= 15 is 0 Å². The van der Waals surface area contributed by atoms with E-state index in [0.29, 0.717) is 5.69 Å². The van der Waals surface area contributed by atoms with Crippen LogP contribution in [0.25, 0.3) is 0 Å². The van der Waals surface area contributed by atoms with Crippen molar-refractivity contribution in [2.45, 2.75) is 32.6 Å². The number of hydrogen-bond donors (Lipinski definition) is 1. The zero-order valence-electron chi connectivity index (χ0n) is 12.4. The van der Waals surface area contributed by atoms with Gasteiger partial charge in [0.25, 0.3) is 0 Å². The lowest BCUT2D eigenvalue weighted by Crippen LogP contribution is -2.18. The van der Waals surface area contributed by atoms with Gasteiger partial charge in [0.15, 0.2) is 11.4 Å². The topological polar surface area (TPSA) is 68.4 Å². The molecule has 5 nitrogen and oxygen atoms in total. The molecule has 0 aliphatic heterocycles. The van der Waals surface area contributed by atoms with Crippen molar-refractivity contribution in [1.82, 2.24) is 4.98 Å². The molecule has 1 aromatic rings. The highest BCUT2D eigenvalue weighted by molar-refractivity contribution is 5.90. The van der Waals surface area contributed by atoms with Crippen molar-refractivity contribution in [3.63, 3.8) is 0 Å². The van der Waals surface area contributed by atoms with Crippen LogP contribution in [-0.4, -0.2) is 25.2 Å². The highest BCUT2D eigenvalue weighted by atomic mass is 16.5. The number of aromatic amines is 1. The number of rotatable bonds is 6. The third-order valence-corrected chi connectivity index (χ3v) is 3.23. The fraction of sp³-hybridized carbons (Fsp3) is 0.467. The van der Waals surface area contributed by atoms with Gasteiger partial charge < -0.3 is 14.5 Å². The van der Waals surface area contributed by atoms with Crippen LogP contribution in [0.4, 0.5) is 0 Å². The lowest BCUT2D eigenvalue weighted by molar-refractivity contribution is 0.0589. The summed E-state index contributed by atoms with van der Waals surface area (Å²) in [6, 6.07) is 1.46. The standard InChI is InChI=1S/C15H21NO4/c1-6-9(2)7-10(3)11-8-12(17)14(19-4)13(16-11)15(18)20-5/h8,10H,2,6-7H2,1,3-5H3,(H,16,17). The molecule has 0 saturated carbocycles. The molecule has 0 aliphatic rings. The zero-order chi connectivity index (χ0) is 15.3. The number of esters is 1. The molecule has 5 heteroatoms. The van der Waals surface area contributed by atoms with Gasteiger partial charge in [-0.25, -0.2) is 4.79 Å². The molecule has 1 atom stereocenters. The van der Waals surface area contributed by atoms with E-state index in [2.05, 4.69) is 16.3 Å². The van der Waals surface area contributed by atoms with Crippen LogP contribution in [0.2, 0.25) is 0 Å². The second-order valence-corrected chi connectivity index (χ2v) is 4.70. The summed E-state index contributed by atoms with van der Waals surface area (Å²) in [5.41, 5.74) is 1.47. The third kappa shape index (κ3) is 3.50. The van der Waals surface area contributed by atoms with Crippen LogP contribution in [0.1, 0.15) is 48.8 Å². The summed E-state index contributed by atoms with van der Waals surface area (Å²) in [4.78, 5) is 26.6. The van der Waals surface area contributed by atoms with Crippen molar-refractivity contribution in [2.24, 2.45) is 0 Å². The summed E-state index contributed by atoms with van der Waals surface area (Å²) in [6.45, 7) is 7.97. The van der Waals surface area contributed by atoms with E-state index in [4.69, 9.17) is 4.74 Å². The fourth-order valence-corrected chi connectivity index (χ4v) is 1.97. The van der Waals surface area contributed by atoms with Gasteiger partial charge in [0, 0.05) is 17.7 Å². The Bertz CT molecular complexity index is 559. The number of carbonyl (C=O) groups is 1. The van der Waals surface area contributed by atoms with E-state index in [-0.39, 0.29) is 22.8 Å². The number of hydrogen-bond acceptors (Lipinski definition) is 4. The zero-order valence-corrected chi connectivity index (χ0v) is 12.4. The molecular weight excluding hydrogens is 258 g/mol. The van der Waals surface area contributed by atoms with Gasteiger partial charge in [0.2, 0.25) is 5.43 Å². The molecular formula is C15H21NO4. The Hall–Kier alpha value is -2.04. The molecule has 1 rings (SSSR count). The van der Waals surface area contributed by atoms with E-state index < -0.39 is 5.97 Å². The summed E-state index contributed by atoms with van der Waals surface area (Å²) in [6.07, 6.45) is 1.63. The lowest BCUT2D eigenvalue weighted by atomic mass is 9.97. The van der Waals surface area contributed by atoms with Crippen molar-refractivity contribution < 1.29 is 14.3 Å². The van der Waals surface area contributed by atoms with Crippen molar-refractivity contribution in [1.29, 1.82) is 0 Å².